The lowest BCUT2D eigenvalue weighted by atomic mass is 9.89. The SMILES string of the molecule is Cc1nnc([C@H](C)Nc2cccc(CO[C@H]3CCC[C@H](C)C3)c2)o1. The summed E-state index contributed by atoms with van der Waals surface area (Å²) >= 11 is 0. The number of anilines is 1. The molecule has 1 aliphatic carbocycles. The van der Waals surface area contributed by atoms with Gasteiger partial charge in [0.15, 0.2) is 0 Å². The van der Waals surface area contributed by atoms with Crippen molar-refractivity contribution in [2.45, 2.75) is 65.2 Å². The first kappa shape index (κ1) is 17.0. The summed E-state index contributed by atoms with van der Waals surface area (Å²) in [7, 11) is 0. The lowest BCUT2D eigenvalue weighted by Crippen LogP contribution is -2.21. The van der Waals surface area contributed by atoms with Crippen molar-refractivity contribution in [1.29, 1.82) is 0 Å². The second kappa shape index (κ2) is 7.79. The van der Waals surface area contributed by atoms with Crippen LogP contribution in [0.15, 0.2) is 28.7 Å². The summed E-state index contributed by atoms with van der Waals surface area (Å²) in [5.41, 5.74) is 2.23. The molecule has 0 bridgehead atoms. The summed E-state index contributed by atoms with van der Waals surface area (Å²) < 4.78 is 11.6. The van der Waals surface area contributed by atoms with E-state index in [1.807, 2.05) is 13.0 Å². The van der Waals surface area contributed by atoms with Crippen molar-refractivity contribution in [2.24, 2.45) is 5.92 Å². The van der Waals surface area contributed by atoms with Crippen molar-refractivity contribution in [2.75, 3.05) is 5.32 Å². The van der Waals surface area contributed by atoms with E-state index in [9.17, 15) is 0 Å². The van der Waals surface area contributed by atoms with Crippen LogP contribution < -0.4 is 5.32 Å². The number of hydrogen-bond donors (Lipinski definition) is 1. The molecule has 0 spiro atoms. The van der Waals surface area contributed by atoms with Gasteiger partial charge in [0, 0.05) is 12.6 Å². The number of rotatable bonds is 6. The van der Waals surface area contributed by atoms with Crippen molar-refractivity contribution in [3.8, 4) is 0 Å². The molecule has 1 aromatic heterocycles. The van der Waals surface area contributed by atoms with Gasteiger partial charge in [-0.2, -0.15) is 0 Å². The number of nitrogens with one attached hydrogen (secondary N) is 1. The number of ether oxygens (including phenoxy) is 1. The zero-order chi connectivity index (χ0) is 16.9. The summed E-state index contributed by atoms with van der Waals surface area (Å²) in [5, 5.41) is 11.3. The average Bonchev–Trinajstić information content (AvgIpc) is 3.00. The fraction of sp³-hybridized carbons (Fsp3) is 0.579. The molecule has 0 amide bonds. The van der Waals surface area contributed by atoms with Crippen LogP contribution in [0.4, 0.5) is 5.69 Å². The number of aryl methyl sites for hydroxylation is 1. The summed E-state index contributed by atoms with van der Waals surface area (Å²) in [6.45, 7) is 6.80. The Morgan fingerprint density at radius 1 is 1.33 bits per heavy atom. The molecule has 1 fully saturated rings. The molecule has 0 aliphatic heterocycles. The Kier molecular flexibility index (Phi) is 5.51. The Morgan fingerprint density at radius 3 is 2.96 bits per heavy atom. The molecule has 2 aromatic rings. The van der Waals surface area contributed by atoms with Gasteiger partial charge in [0.05, 0.1) is 12.7 Å². The highest BCUT2D eigenvalue weighted by molar-refractivity contribution is 5.46. The summed E-state index contributed by atoms with van der Waals surface area (Å²) in [5.74, 6) is 1.98. The first-order valence-electron chi connectivity index (χ1n) is 8.87. The first-order valence-corrected chi connectivity index (χ1v) is 8.87. The van der Waals surface area contributed by atoms with E-state index in [0.717, 1.165) is 11.6 Å². The van der Waals surface area contributed by atoms with Gasteiger partial charge in [0.1, 0.15) is 6.04 Å². The molecule has 1 aromatic carbocycles. The zero-order valence-electron chi connectivity index (χ0n) is 14.8. The van der Waals surface area contributed by atoms with Crippen molar-refractivity contribution in [1.82, 2.24) is 10.2 Å². The standard InChI is InChI=1S/C19H27N3O2/c1-13-6-4-9-18(10-13)23-12-16-7-5-8-17(11-16)20-14(2)19-22-21-15(3)24-19/h5,7-8,11,13-14,18,20H,4,6,9-10,12H2,1-3H3/t13-,14-,18-/m0/s1. The van der Waals surface area contributed by atoms with Gasteiger partial charge in [-0.3, -0.25) is 0 Å². The van der Waals surface area contributed by atoms with E-state index in [0.29, 0.717) is 24.5 Å². The van der Waals surface area contributed by atoms with Gasteiger partial charge in [0.25, 0.3) is 0 Å². The number of hydrogen-bond acceptors (Lipinski definition) is 5. The van der Waals surface area contributed by atoms with Crippen LogP contribution in [0.1, 0.15) is 62.9 Å². The molecule has 1 heterocycles. The molecule has 0 unspecified atom stereocenters. The van der Waals surface area contributed by atoms with E-state index in [1.54, 1.807) is 6.92 Å². The lowest BCUT2D eigenvalue weighted by Gasteiger charge is -2.26. The van der Waals surface area contributed by atoms with E-state index >= 15 is 0 Å². The maximum absolute atomic E-state index is 6.12. The van der Waals surface area contributed by atoms with Gasteiger partial charge in [-0.1, -0.05) is 31.9 Å². The van der Waals surface area contributed by atoms with Crippen LogP contribution in [0.2, 0.25) is 0 Å². The number of benzene rings is 1. The molecular weight excluding hydrogens is 302 g/mol. The normalized spacial score (nSPS) is 22.3. The molecule has 130 valence electrons. The predicted molar refractivity (Wildman–Crippen MR) is 93.7 cm³/mol. The molecule has 5 nitrogen and oxygen atoms in total. The molecule has 0 radical (unpaired) electrons. The summed E-state index contributed by atoms with van der Waals surface area (Å²) in [6, 6.07) is 8.31. The van der Waals surface area contributed by atoms with Crippen LogP contribution in [0.25, 0.3) is 0 Å². The molecule has 3 rings (SSSR count). The second-order valence-corrected chi connectivity index (χ2v) is 6.93. The molecule has 5 heteroatoms. The molecule has 3 atom stereocenters. The monoisotopic (exact) mass is 329 g/mol. The minimum Gasteiger partial charge on any atom is -0.423 e. The van der Waals surface area contributed by atoms with E-state index in [1.165, 1.54) is 31.2 Å². The maximum Gasteiger partial charge on any atom is 0.238 e. The van der Waals surface area contributed by atoms with Crippen molar-refractivity contribution in [3.63, 3.8) is 0 Å². The minimum absolute atomic E-state index is 0.0263. The van der Waals surface area contributed by atoms with E-state index in [2.05, 4.69) is 40.6 Å². The van der Waals surface area contributed by atoms with Crippen molar-refractivity contribution >= 4 is 5.69 Å². The lowest BCUT2D eigenvalue weighted by molar-refractivity contribution is 0.00468. The van der Waals surface area contributed by atoms with Gasteiger partial charge in [0.2, 0.25) is 11.8 Å². The van der Waals surface area contributed by atoms with Gasteiger partial charge in [-0.15, -0.1) is 10.2 Å². The van der Waals surface area contributed by atoms with E-state index in [4.69, 9.17) is 9.15 Å². The zero-order valence-corrected chi connectivity index (χ0v) is 14.8. The Labute approximate surface area is 143 Å². The Morgan fingerprint density at radius 2 is 2.21 bits per heavy atom. The summed E-state index contributed by atoms with van der Waals surface area (Å²) in [6.07, 6.45) is 5.41. The van der Waals surface area contributed by atoms with E-state index < -0.39 is 0 Å². The van der Waals surface area contributed by atoms with E-state index in [-0.39, 0.29) is 6.04 Å². The Balaban J connectivity index is 1.55. The quantitative estimate of drug-likeness (QED) is 0.836. The Hall–Kier alpha value is -1.88. The fourth-order valence-corrected chi connectivity index (χ4v) is 3.29. The van der Waals surface area contributed by atoms with Crippen molar-refractivity contribution in [3.05, 3.63) is 41.6 Å². The van der Waals surface area contributed by atoms with Crippen LogP contribution in [0.3, 0.4) is 0 Å². The highest BCUT2D eigenvalue weighted by Gasteiger charge is 2.19. The predicted octanol–water partition coefficient (Wildman–Crippen LogP) is 4.65. The van der Waals surface area contributed by atoms with Gasteiger partial charge >= 0.3 is 0 Å². The van der Waals surface area contributed by atoms with Crippen LogP contribution in [0, 0.1) is 12.8 Å². The van der Waals surface area contributed by atoms with Crippen LogP contribution in [0.5, 0.6) is 0 Å². The topological polar surface area (TPSA) is 60.2 Å². The Bertz CT molecular complexity index is 656. The molecule has 1 N–H and O–H groups in total. The van der Waals surface area contributed by atoms with Crippen LogP contribution in [-0.4, -0.2) is 16.3 Å². The maximum atomic E-state index is 6.12. The van der Waals surface area contributed by atoms with Gasteiger partial charge in [-0.25, -0.2) is 0 Å². The fourth-order valence-electron chi connectivity index (χ4n) is 3.29. The molecule has 1 aliphatic rings. The van der Waals surface area contributed by atoms with Crippen LogP contribution >= 0.6 is 0 Å². The third-order valence-electron chi connectivity index (χ3n) is 4.60. The molecular formula is C19H27N3O2. The average molecular weight is 329 g/mol. The number of nitrogens with zero attached hydrogens (tertiary/aromatic N) is 2. The smallest absolute Gasteiger partial charge is 0.238 e. The minimum atomic E-state index is -0.0263. The molecule has 24 heavy (non-hydrogen) atoms. The van der Waals surface area contributed by atoms with Crippen LogP contribution in [-0.2, 0) is 11.3 Å². The largest absolute Gasteiger partial charge is 0.423 e. The first-order chi connectivity index (χ1) is 11.6. The molecule has 1 saturated carbocycles. The summed E-state index contributed by atoms with van der Waals surface area (Å²) in [4.78, 5) is 0. The van der Waals surface area contributed by atoms with Gasteiger partial charge < -0.3 is 14.5 Å². The highest BCUT2D eigenvalue weighted by atomic mass is 16.5. The van der Waals surface area contributed by atoms with Crippen molar-refractivity contribution < 1.29 is 9.15 Å². The second-order valence-electron chi connectivity index (χ2n) is 6.93. The highest BCUT2D eigenvalue weighted by Crippen LogP contribution is 2.27. The third-order valence-corrected chi connectivity index (χ3v) is 4.60. The molecule has 0 saturated heterocycles. The third kappa shape index (κ3) is 4.57. The number of aromatic nitrogens is 2. The van der Waals surface area contributed by atoms with Gasteiger partial charge in [-0.05, 0) is 43.4 Å².